The molecule has 2 heterocycles. The van der Waals surface area contributed by atoms with E-state index in [1.165, 1.54) is 9.75 Å². The number of hydrogen-bond donors (Lipinski definition) is 2. The molecule has 2 unspecified atom stereocenters. The van der Waals surface area contributed by atoms with Gasteiger partial charge in [-0.2, -0.15) is 0 Å². The van der Waals surface area contributed by atoms with Crippen molar-refractivity contribution in [2.75, 3.05) is 19.8 Å². The summed E-state index contributed by atoms with van der Waals surface area (Å²) in [5, 5.41) is 6.32. The number of amides is 1. The van der Waals surface area contributed by atoms with E-state index < -0.39 is 0 Å². The van der Waals surface area contributed by atoms with Gasteiger partial charge in [0.05, 0.1) is 25.7 Å². The maximum atomic E-state index is 12.2. The van der Waals surface area contributed by atoms with Gasteiger partial charge >= 0.3 is 0 Å². The summed E-state index contributed by atoms with van der Waals surface area (Å²) in [5.74, 6) is 0.0282. The summed E-state index contributed by atoms with van der Waals surface area (Å²) in [7, 11) is 0. The van der Waals surface area contributed by atoms with Crippen LogP contribution in [0.1, 0.15) is 23.6 Å². The molecule has 1 aromatic heterocycles. The molecule has 5 heteroatoms. The van der Waals surface area contributed by atoms with E-state index >= 15 is 0 Å². The minimum absolute atomic E-state index is 0.0643. The first-order valence-electron chi connectivity index (χ1n) is 6.91. The Morgan fingerprint density at radius 2 is 2.16 bits per heavy atom. The van der Waals surface area contributed by atoms with Crippen LogP contribution < -0.4 is 10.6 Å². The maximum Gasteiger partial charge on any atom is 0.227 e. The number of nitrogens with one attached hydrogen (secondary N) is 2. The lowest BCUT2D eigenvalue weighted by Gasteiger charge is -2.17. The van der Waals surface area contributed by atoms with Gasteiger partial charge in [0, 0.05) is 15.8 Å². The SMILES string of the molecule is CCNC1COCC1C(=O)NCc1ccc(CC)s1. The van der Waals surface area contributed by atoms with Crippen molar-refractivity contribution in [1.82, 2.24) is 10.6 Å². The second kappa shape index (κ2) is 7.03. The largest absolute Gasteiger partial charge is 0.379 e. The molecule has 1 amide bonds. The van der Waals surface area contributed by atoms with E-state index in [2.05, 4.69) is 29.7 Å². The zero-order valence-electron chi connectivity index (χ0n) is 11.6. The third kappa shape index (κ3) is 3.78. The second-order valence-electron chi connectivity index (χ2n) is 4.75. The average Bonchev–Trinajstić information content (AvgIpc) is 3.05. The highest BCUT2D eigenvalue weighted by atomic mass is 32.1. The van der Waals surface area contributed by atoms with Crippen molar-refractivity contribution in [2.45, 2.75) is 32.9 Å². The first kappa shape index (κ1) is 14.5. The van der Waals surface area contributed by atoms with Gasteiger partial charge in [0.15, 0.2) is 0 Å². The summed E-state index contributed by atoms with van der Waals surface area (Å²) in [6.07, 6.45) is 1.05. The Morgan fingerprint density at radius 3 is 2.84 bits per heavy atom. The van der Waals surface area contributed by atoms with Crippen molar-refractivity contribution in [3.05, 3.63) is 21.9 Å². The predicted molar refractivity (Wildman–Crippen MR) is 77.3 cm³/mol. The molecule has 19 heavy (non-hydrogen) atoms. The van der Waals surface area contributed by atoms with E-state index in [0.717, 1.165) is 13.0 Å². The number of thiophene rings is 1. The van der Waals surface area contributed by atoms with Gasteiger partial charge in [0.1, 0.15) is 0 Å². The smallest absolute Gasteiger partial charge is 0.227 e. The van der Waals surface area contributed by atoms with Crippen LogP contribution in [0.4, 0.5) is 0 Å². The molecule has 0 aliphatic carbocycles. The molecule has 0 saturated carbocycles. The molecule has 1 aliphatic heterocycles. The zero-order valence-corrected chi connectivity index (χ0v) is 12.4. The highest BCUT2D eigenvalue weighted by Crippen LogP contribution is 2.18. The first-order chi connectivity index (χ1) is 9.24. The Labute approximate surface area is 118 Å². The fourth-order valence-corrected chi connectivity index (χ4v) is 3.19. The number of hydrogen-bond acceptors (Lipinski definition) is 4. The maximum absolute atomic E-state index is 12.2. The van der Waals surface area contributed by atoms with Gasteiger partial charge in [-0.1, -0.05) is 13.8 Å². The van der Waals surface area contributed by atoms with Gasteiger partial charge in [-0.25, -0.2) is 0 Å². The molecule has 0 aromatic carbocycles. The van der Waals surface area contributed by atoms with E-state index in [-0.39, 0.29) is 17.9 Å². The van der Waals surface area contributed by atoms with Crippen molar-refractivity contribution < 1.29 is 9.53 Å². The van der Waals surface area contributed by atoms with Gasteiger partial charge in [-0.3, -0.25) is 4.79 Å². The molecule has 2 rings (SSSR count). The van der Waals surface area contributed by atoms with Crippen LogP contribution in [0, 0.1) is 5.92 Å². The summed E-state index contributed by atoms with van der Waals surface area (Å²) in [5.41, 5.74) is 0. The standard InChI is InChI=1S/C14H22N2O2S/c1-3-10-5-6-11(19-10)7-16-14(17)12-8-18-9-13(12)15-4-2/h5-6,12-13,15H,3-4,7-9H2,1-2H3,(H,16,17). The zero-order chi connectivity index (χ0) is 13.7. The van der Waals surface area contributed by atoms with Crippen LogP contribution in [0.2, 0.25) is 0 Å². The third-order valence-electron chi connectivity index (χ3n) is 3.39. The van der Waals surface area contributed by atoms with Crippen molar-refractivity contribution in [3.63, 3.8) is 0 Å². The summed E-state index contributed by atoms with van der Waals surface area (Å²) in [6.45, 7) is 6.83. The Bertz CT molecular complexity index is 419. The fourth-order valence-electron chi connectivity index (χ4n) is 2.29. The normalized spacial score (nSPS) is 22.6. The molecular formula is C14H22N2O2S. The molecule has 0 bridgehead atoms. The van der Waals surface area contributed by atoms with E-state index in [1.54, 1.807) is 11.3 Å². The van der Waals surface area contributed by atoms with E-state index in [4.69, 9.17) is 4.74 Å². The minimum Gasteiger partial charge on any atom is -0.379 e. The van der Waals surface area contributed by atoms with Crippen LogP contribution in [-0.4, -0.2) is 31.7 Å². The Hall–Kier alpha value is -0.910. The number of carbonyl (C=O) groups is 1. The monoisotopic (exact) mass is 282 g/mol. The number of ether oxygens (including phenoxy) is 1. The van der Waals surface area contributed by atoms with E-state index in [1.807, 2.05) is 6.92 Å². The highest BCUT2D eigenvalue weighted by Gasteiger charge is 2.33. The number of carbonyl (C=O) groups excluding carboxylic acids is 1. The predicted octanol–water partition coefficient (Wildman–Crippen LogP) is 1.55. The molecule has 0 spiro atoms. The van der Waals surface area contributed by atoms with Crippen molar-refractivity contribution in [3.8, 4) is 0 Å². The molecule has 1 aromatic rings. The topological polar surface area (TPSA) is 50.4 Å². The lowest BCUT2D eigenvalue weighted by atomic mass is 10.0. The lowest BCUT2D eigenvalue weighted by molar-refractivity contribution is -0.125. The molecule has 2 atom stereocenters. The van der Waals surface area contributed by atoms with Crippen LogP contribution in [0.25, 0.3) is 0 Å². The van der Waals surface area contributed by atoms with Crippen LogP contribution in [0.15, 0.2) is 12.1 Å². The quantitative estimate of drug-likeness (QED) is 0.832. The molecule has 1 saturated heterocycles. The summed E-state index contributed by atoms with van der Waals surface area (Å²) < 4.78 is 5.40. The van der Waals surface area contributed by atoms with E-state index in [9.17, 15) is 4.79 Å². The van der Waals surface area contributed by atoms with Crippen molar-refractivity contribution in [2.24, 2.45) is 5.92 Å². The molecule has 1 aliphatic rings. The Balaban J connectivity index is 1.83. The number of aryl methyl sites for hydroxylation is 1. The third-order valence-corrected chi connectivity index (χ3v) is 4.62. The first-order valence-corrected chi connectivity index (χ1v) is 7.72. The Morgan fingerprint density at radius 1 is 1.37 bits per heavy atom. The van der Waals surface area contributed by atoms with E-state index in [0.29, 0.717) is 19.8 Å². The van der Waals surface area contributed by atoms with Gasteiger partial charge < -0.3 is 15.4 Å². The molecule has 0 radical (unpaired) electrons. The van der Waals surface area contributed by atoms with Crippen LogP contribution in [0.5, 0.6) is 0 Å². The van der Waals surface area contributed by atoms with Gasteiger partial charge in [-0.05, 0) is 25.1 Å². The van der Waals surface area contributed by atoms with Gasteiger partial charge in [0.2, 0.25) is 5.91 Å². The molecule has 106 valence electrons. The fraction of sp³-hybridized carbons (Fsp3) is 0.643. The van der Waals surface area contributed by atoms with Gasteiger partial charge in [0.25, 0.3) is 0 Å². The summed E-state index contributed by atoms with van der Waals surface area (Å²) >= 11 is 1.77. The molecule has 1 fully saturated rings. The second-order valence-corrected chi connectivity index (χ2v) is 6.00. The summed E-state index contributed by atoms with van der Waals surface area (Å²) in [4.78, 5) is 14.7. The Kier molecular flexibility index (Phi) is 5.36. The van der Waals surface area contributed by atoms with Crippen LogP contribution in [-0.2, 0) is 22.5 Å². The number of rotatable bonds is 6. The lowest BCUT2D eigenvalue weighted by Crippen LogP contribution is -2.43. The minimum atomic E-state index is -0.0643. The molecular weight excluding hydrogens is 260 g/mol. The summed E-state index contributed by atoms with van der Waals surface area (Å²) in [6, 6.07) is 4.38. The van der Waals surface area contributed by atoms with Gasteiger partial charge in [-0.15, -0.1) is 11.3 Å². The molecule has 2 N–H and O–H groups in total. The average molecular weight is 282 g/mol. The van der Waals surface area contributed by atoms with Crippen molar-refractivity contribution >= 4 is 17.2 Å². The van der Waals surface area contributed by atoms with Crippen molar-refractivity contribution in [1.29, 1.82) is 0 Å². The van der Waals surface area contributed by atoms with Crippen LogP contribution >= 0.6 is 11.3 Å². The van der Waals surface area contributed by atoms with Crippen LogP contribution in [0.3, 0.4) is 0 Å². The number of likely N-dealkylation sites (N-methyl/N-ethyl adjacent to an activating group) is 1. The highest BCUT2D eigenvalue weighted by molar-refractivity contribution is 7.11. The molecule has 4 nitrogen and oxygen atoms in total.